The minimum atomic E-state index is -2.26. The summed E-state index contributed by atoms with van der Waals surface area (Å²) in [5.74, 6) is 0.534. The summed E-state index contributed by atoms with van der Waals surface area (Å²) in [7, 11) is -2.26. The van der Waals surface area contributed by atoms with Crippen molar-refractivity contribution in [3.8, 4) is 11.5 Å². The summed E-state index contributed by atoms with van der Waals surface area (Å²) in [6.07, 6.45) is 0. The maximum absolute atomic E-state index is 11.5. The molecule has 0 saturated heterocycles. The Morgan fingerprint density at radius 3 is 1.46 bits per heavy atom. The van der Waals surface area contributed by atoms with Gasteiger partial charge in [-0.25, -0.2) is 0 Å². The normalized spacial score (nSPS) is 12.6. The van der Waals surface area contributed by atoms with Gasteiger partial charge in [-0.15, -0.1) is 14.0 Å². The first-order valence-corrected chi connectivity index (χ1v) is 12.2. The highest BCUT2D eigenvalue weighted by atomic mass is 31.2. The predicted octanol–water partition coefficient (Wildman–Crippen LogP) is 4.66. The number of phenols is 2. The van der Waals surface area contributed by atoms with Gasteiger partial charge in [-0.2, -0.15) is 0 Å². The second kappa shape index (κ2) is 9.89. The lowest BCUT2D eigenvalue weighted by molar-refractivity contribution is 0.337. The number of fused-ring (bicyclic) bond motifs is 1. The van der Waals surface area contributed by atoms with Gasteiger partial charge in [0.05, 0.1) is 0 Å². The van der Waals surface area contributed by atoms with Crippen LogP contribution in [0.3, 0.4) is 0 Å². The van der Waals surface area contributed by atoms with E-state index in [4.69, 9.17) is 0 Å². The molecule has 0 unspecified atom stereocenters. The fourth-order valence-corrected chi connectivity index (χ4v) is 9.46. The summed E-state index contributed by atoms with van der Waals surface area (Å²) in [5, 5.41) is 24.6. The summed E-state index contributed by atoms with van der Waals surface area (Å²) < 4.78 is 7.49. The summed E-state index contributed by atoms with van der Waals surface area (Å²) >= 11 is 0. The van der Waals surface area contributed by atoms with Crippen LogP contribution in [0.5, 0.6) is 11.5 Å². The zero-order chi connectivity index (χ0) is 20.9. The molecule has 0 saturated carbocycles. The first-order chi connectivity index (χ1) is 13.5. The van der Waals surface area contributed by atoms with Crippen molar-refractivity contribution in [3.63, 3.8) is 0 Å². The molecule has 5 nitrogen and oxygen atoms in total. The van der Waals surface area contributed by atoms with E-state index in [2.05, 4.69) is 55.6 Å². The molecule has 2 aromatic rings. The highest BCUT2D eigenvalue weighted by molar-refractivity contribution is 7.76. The van der Waals surface area contributed by atoms with Gasteiger partial charge in [0.1, 0.15) is 5.75 Å². The molecule has 0 aliphatic carbocycles. The van der Waals surface area contributed by atoms with Gasteiger partial charge in [0, 0.05) is 56.1 Å². The summed E-state index contributed by atoms with van der Waals surface area (Å²) in [6, 6.07) is 9.39. The van der Waals surface area contributed by atoms with Crippen LogP contribution in [0.1, 0.15) is 41.5 Å². The van der Waals surface area contributed by atoms with Gasteiger partial charge in [0.25, 0.3) is 7.71 Å². The topological polar surface area (TPSA) is 50.2 Å². The molecule has 28 heavy (non-hydrogen) atoms. The summed E-state index contributed by atoms with van der Waals surface area (Å²) in [5.41, 5.74) is 0. The molecule has 0 aliphatic heterocycles. The van der Waals surface area contributed by atoms with Crippen molar-refractivity contribution >= 4 is 23.8 Å². The maximum Gasteiger partial charge on any atom is 0.266 e. The molecule has 0 radical (unpaired) electrons. The standard InChI is InChI=1S/C22H36N3O2P/c1-7-23(8-2)28(24(9-3)10-4,25(11-5)12-6)21-17-20(26)18-15-13-14-16-19(18)22(21)27/h13-17H,7-12H2,1-6H3,(H-,26,27)/p+1. The van der Waals surface area contributed by atoms with Crippen LogP contribution in [-0.2, 0) is 0 Å². The van der Waals surface area contributed by atoms with Gasteiger partial charge in [-0.1, -0.05) is 24.3 Å². The number of rotatable bonds is 10. The van der Waals surface area contributed by atoms with E-state index in [-0.39, 0.29) is 5.75 Å². The van der Waals surface area contributed by atoms with Gasteiger partial charge in [0.15, 0.2) is 11.1 Å². The third-order valence-corrected chi connectivity index (χ3v) is 10.7. The molecule has 6 heteroatoms. The number of benzene rings is 2. The van der Waals surface area contributed by atoms with Crippen molar-refractivity contribution in [3.05, 3.63) is 30.3 Å². The molecule has 0 bridgehead atoms. The largest absolute Gasteiger partial charge is 0.507 e. The lowest BCUT2D eigenvalue weighted by atomic mass is 10.1. The van der Waals surface area contributed by atoms with Crippen LogP contribution in [0.4, 0.5) is 0 Å². The highest BCUT2D eigenvalue weighted by Gasteiger charge is 2.57. The zero-order valence-electron chi connectivity index (χ0n) is 18.3. The Labute approximate surface area is 171 Å². The molecule has 0 aliphatic rings. The molecule has 156 valence electrons. The molecular formula is C22H37N3O2P+. The monoisotopic (exact) mass is 406 g/mol. The highest BCUT2D eigenvalue weighted by Crippen LogP contribution is 2.68. The van der Waals surface area contributed by atoms with Crippen LogP contribution >= 0.6 is 7.71 Å². The Bertz CT molecular complexity index is 740. The smallest absolute Gasteiger partial charge is 0.266 e. The molecule has 2 aromatic carbocycles. The molecule has 0 amide bonds. The van der Waals surface area contributed by atoms with E-state index in [0.717, 1.165) is 44.6 Å². The van der Waals surface area contributed by atoms with E-state index >= 15 is 0 Å². The van der Waals surface area contributed by atoms with E-state index < -0.39 is 7.71 Å². The number of hydrogen-bond acceptors (Lipinski definition) is 5. The number of aromatic hydroxyl groups is 2. The lowest BCUT2D eigenvalue weighted by Gasteiger charge is -2.46. The van der Waals surface area contributed by atoms with E-state index in [1.54, 1.807) is 0 Å². The lowest BCUT2D eigenvalue weighted by Crippen LogP contribution is -2.50. The Kier molecular flexibility index (Phi) is 8.08. The average Bonchev–Trinajstić information content (AvgIpc) is 2.72. The van der Waals surface area contributed by atoms with Crippen LogP contribution in [0, 0.1) is 0 Å². The van der Waals surface area contributed by atoms with Crippen molar-refractivity contribution in [2.24, 2.45) is 0 Å². The molecule has 2 rings (SSSR count). The van der Waals surface area contributed by atoms with Gasteiger partial charge < -0.3 is 10.2 Å². The van der Waals surface area contributed by atoms with E-state index in [0.29, 0.717) is 16.5 Å². The van der Waals surface area contributed by atoms with Gasteiger partial charge in [-0.3, -0.25) is 0 Å². The number of hydrogen-bond donors (Lipinski definition) is 2. The summed E-state index contributed by atoms with van der Waals surface area (Å²) in [6.45, 7) is 18.4. The number of phenolic OH excluding ortho intramolecular Hbond substituents is 2. The van der Waals surface area contributed by atoms with Crippen LogP contribution in [0.2, 0.25) is 0 Å². The fourth-order valence-electron chi connectivity index (χ4n) is 4.40. The zero-order valence-corrected chi connectivity index (χ0v) is 19.2. The van der Waals surface area contributed by atoms with Crippen molar-refractivity contribution in [1.82, 2.24) is 14.0 Å². The van der Waals surface area contributed by atoms with Crippen molar-refractivity contribution in [1.29, 1.82) is 0 Å². The fraction of sp³-hybridized carbons (Fsp3) is 0.545. The Balaban J connectivity index is 2.99. The first kappa shape index (κ1) is 22.9. The van der Waals surface area contributed by atoms with Gasteiger partial charge in [0.2, 0.25) is 0 Å². The third kappa shape index (κ3) is 3.61. The molecule has 0 spiro atoms. The second-order valence-corrected chi connectivity index (χ2v) is 10.1. The van der Waals surface area contributed by atoms with Crippen LogP contribution in [0.15, 0.2) is 30.3 Å². The molecule has 2 N–H and O–H groups in total. The Hall–Kier alpha value is -1.39. The van der Waals surface area contributed by atoms with E-state index in [9.17, 15) is 10.2 Å². The van der Waals surface area contributed by atoms with Gasteiger partial charge >= 0.3 is 0 Å². The molecule has 0 atom stereocenters. The SMILES string of the molecule is CCN(CC)[P+](c1cc(O)c2ccccc2c1O)(N(CC)CC)N(CC)CC. The average molecular weight is 407 g/mol. The Morgan fingerprint density at radius 2 is 1.07 bits per heavy atom. The second-order valence-electron chi connectivity index (χ2n) is 6.79. The van der Waals surface area contributed by atoms with E-state index in [1.165, 1.54) is 0 Å². The predicted molar refractivity (Wildman–Crippen MR) is 123 cm³/mol. The van der Waals surface area contributed by atoms with Crippen LogP contribution in [0.25, 0.3) is 10.8 Å². The quantitative estimate of drug-likeness (QED) is 0.444. The van der Waals surface area contributed by atoms with Crippen molar-refractivity contribution in [2.45, 2.75) is 41.5 Å². The summed E-state index contributed by atoms with van der Waals surface area (Å²) in [4.78, 5) is 0. The molecule has 0 fully saturated rings. The van der Waals surface area contributed by atoms with Crippen LogP contribution in [-0.4, -0.2) is 63.5 Å². The first-order valence-electron chi connectivity index (χ1n) is 10.6. The minimum Gasteiger partial charge on any atom is -0.507 e. The maximum atomic E-state index is 11.5. The van der Waals surface area contributed by atoms with Crippen molar-refractivity contribution in [2.75, 3.05) is 39.3 Å². The minimum absolute atomic E-state index is 0.235. The Morgan fingerprint density at radius 1 is 0.679 bits per heavy atom. The van der Waals surface area contributed by atoms with E-state index in [1.807, 2.05) is 30.3 Å². The molecular weight excluding hydrogens is 369 g/mol. The number of nitrogens with zero attached hydrogens (tertiary/aromatic N) is 3. The molecule has 0 heterocycles. The third-order valence-electron chi connectivity index (χ3n) is 5.67. The van der Waals surface area contributed by atoms with Crippen molar-refractivity contribution < 1.29 is 10.2 Å². The van der Waals surface area contributed by atoms with Crippen LogP contribution < -0.4 is 5.30 Å². The van der Waals surface area contributed by atoms with Gasteiger partial charge in [-0.05, 0) is 41.5 Å². The molecule has 0 aromatic heterocycles.